The number of nitrogens with two attached hydrogens (primary N) is 1. The fraction of sp³-hybridized carbons (Fsp3) is 0.417. The molecule has 16 heavy (non-hydrogen) atoms. The van der Waals surface area contributed by atoms with E-state index >= 15 is 0 Å². The SMILES string of the molecule is CC(C#N)CN(C)Cc1cc(N)ccc1Cl. The van der Waals surface area contributed by atoms with Crippen molar-refractivity contribution in [3.63, 3.8) is 0 Å². The summed E-state index contributed by atoms with van der Waals surface area (Å²) in [6.45, 7) is 3.33. The van der Waals surface area contributed by atoms with Gasteiger partial charge in [-0.25, -0.2) is 0 Å². The molecule has 86 valence electrons. The number of benzene rings is 1. The lowest BCUT2D eigenvalue weighted by atomic mass is 10.1. The zero-order valence-corrected chi connectivity index (χ0v) is 10.3. The van der Waals surface area contributed by atoms with Crippen molar-refractivity contribution in [3.05, 3.63) is 28.8 Å². The Hall–Kier alpha value is -1.24. The number of hydrogen-bond acceptors (Lipinski definition) is 3. The van der Waals surface area contributed by atoms with E-state index in [0.717, 1.165) is 12.1 Å². The molecule has 1 aromatic carbocycles. The van der Waals surface area contributed by atoms with E-state index in [1.165, 1.54) is 0 Å². The van der Waals surface area contributed by atoms with Crippen molar-refractivity contribution in [1.82, 2.24) is 4.90 Å². The number of anilines is 1. The monoisotopic (exact) mass is 237 g/mol. The molecule has 0 saturated heterocycles. The maximum Gasteiger partial charge on any atom is 0.0666 e. The zero-order valence-electron chi connectivity index (χ0n) is 9.57. The van der Waals surface area contributed by atoms with Crippen LogP contribution in [0.25, 0.3) is 0 Å². The predicted octanol–water partition coefficient (Wildman–Crippen LogP) is 2.51. The molecule has 0 heterocycles. The van der Waals surface area contributed by atoms with E-state index in [2.05, 4.69) is 11.0 Å². The molecule has 0 saturated carbocycles. The molecule has 2 N–H and O–H groups in total. The Bertz CT molecular complexity index is 398. The van der Waals surface area contributed by atoms with Crippen LogP contribution in [0.4, 0.5) is 5.69 Å². The minimum atomic E-state index is 0.0184. The van der Waals surface area contributed by atoms with Gasteiger partial charge in [0.2, 0.25) is 0 Å². The van der Waals surface area contributed by atoms with E-state index in [-0.39, 0.29) is 5.92 Å². The third-order valence-electron chi connectivity index (χ3n) is 2.32. The molecule has 3 nitrogen and oxygen atoms in total. The zero-order chi connectivity index (χ0) is 12.1. The number of nitrogens with zero attached hydrogens (tertiary/aromatic N) is 2. The van der Waals surface area contributed by atoms with Gasteiger partial charge in [-0.2, -0.15) is 5.26 Å². The first-order valence-corrected chi connectivity index (χ1v) is 5.52. The number of nitriles is 1. The molecule has 1 rings (SSSR count). The van der Waals surface area contributed by atoms with Crippen molar-refractivity contribution in [2.75, 3.05) is 19.3 Å². The summed E-state index contributed by atoms with van der Waals surface area (Å²) >= 11 is 6.06. The second-order valence-electron chi connectivity index (χ2n) is 4.08. The van der Waals surface area contributed by atoms with Gasteiger partial charge in [-0.3, -0.25) is 0 Å². The van der Waals surface area contributed by atoms with Crippen LogP contribution in [-0.2, 0) is 6.54 Å². The summed E-state index contributed by atoms with van der Waals surface area (Å²) in [6, 6.07) is 7.66. The topological polar surface area (TPSA) is 53.0 Å². The van der Waals surface area contributed by atoms with Gasteiger partial charge < -0.3 is 10.6 Å². The lowest BCUT2D eigenvalue weighted by Crippen LogP contribution is -2.23. The molecule has 0 amide bonds. The summed E-state index contributed by atoms with van der Waals surface area (Å²) in [4.78, 5) is 2.06. The van der Waals surface area contributed by atoms with Gasteiger partial charge in [0.05, 0.1) is 12.0 Å². The van der Waals surface area contributed by atoms with E-state index in [0.29, 0.717) is 17.3 Å². The summed E-state index contributed by atoms with van der Waals surface area (Å²) in [5.41, 5.74) is 7.41. The van der Waals surface area contributed by atoms with E-state index in [1.54, 1.807) is 12.1 Å². The average molecular weight is 238 g/mol. The van der Waals surface area contributed by atoms with Crippen LogP contribution in [0, 0.1) is 17.2 Å². The molecule has 0 aliphatic rings. The maximum absolute atomic E-state index is 8.73. The first-order chi connectivity index (χ1) is 7.52. The number of rotatable bonds is 4. The molecule has 0 radical (unpaired) electrons. The third kappa shape index (κ3) is 3.73. The normalized spacial score (nSPS) is 12.4. The summed E-state index contributed by atoms with van der Waals surface area (Å²) in [5, 5.41) is 9.44. The lowest BCUT2D eigenvalue weighted by molar-refractivity contribution is 0.303. The van der Waals surface area contributed by atoms with Crippen LogP contribution in [0.3, 0.4) is 0 Å². The highest BCUT2D eigenvalue weighted by atomic mass is 35.5. The van der Waals surface area contributed by atoms with Crippen LogP contribution in [0.1, 0.15) is 12.5 Å². The molecular formula is C12H16ClN3. The molecular weight excluding hydrogens is 222 g/mol. The maximum atomic E-state index is 8.73. The number of hydrogen-bond donors (Lipinski definition) is 1. The van der Waals surface area contributed by atoms with E-state index < -0.39 is 0 Å². The van der Waals surface area contributed by atoms with E-state index in [1.807, 2.05) is 20.0 Å². The van der Waals surface area contributed by atoms with Crippen LogP contribution in [0.5, 0.6) is 0 Å². The van der Waals surface area contributed by atoms with E-state index in [4.69, 9.17) is 22.6 Å². The van der Waals surface area contributed by atoms with Crippen LogP contribution in [0.15, 0.2) is 18.2 Å². The van der Waals surface area contributed by atoms with Crippen molar-refractivity contribution in [2.24, 2.45) is 5.92 Å². The highest BCUT2D eigenvalue weighted by Crippen LogP contribution is 2.20. The summed E-state index contributed by atoms with van der Waals surface area (Å²) in [5.74, 6) is 0.0184. The van der Waals surface area contributed by atoms with Crippen molar-refractivity contribution in [2.45, 2.75) is 13.5 Å². The quantitative estimate of drug-likeness (QED) is 0.819. The Balaban J connectivity index is 2.66. The molecule has 4 heteroatoms. The van der Waals surface area contributed by atoms with Gasteiger partial charge in [-0.05, 0) is 37.7 Å². The van der Waals surface area contributed by atoms with Gasteiger partial charge in [0.1, 0.15) is 0 Å². The minimum Gasteiger partial charge on any atom is -0.399 e. The summed E-state index contributed by atoms with van der Waals surface area (Å²) < 4.78 is 0. The standard InChI is InChI=1S/C12H16ClN3/c1-9(6-14)7-16(2)8-10-5-11(15)3-4-12(10)13/h3-5,9H,7-8,15H2,1-2H3. The molecule has 1 atom stereocenters. The van der Waals surface area contributed by atoms with Gasteiger partial charge in [0.25, 0.3) is 0 Å². The molecule has 0 fully saturated rings. The molecule has 0 aliphatic carbocycles. The molecule has 1 aromatic rings. The average Bonchev–Trinajstić information content (AvgIpc) is 2.23. The second-order valence-corrected chi connectivity index (χ2v) is 4.48. The Morgan fingerprint density at radius 2 is 2.25 bits per heavy atom. The smallest absolute Gasteiger partial charge is 0.0666 e. The van der Waals surface area contributed by atoms with Crippen LogP contribution in [0.2, 0.25) is 5.02 Å². The van der Waals surface area contributed by atoms with Gasteiger partial charge in [-0.1, -0.05) is 11.6 Å². The fourth-order valence-corrected chi connectivity index (χ4v) is 1.76. The van der Waals surface area contributed by atoms with Crippen molar-refractivity contribution >= 4 is 17.3 Å². The van der Waals surface area contributed by atoms with Gasteiger partial charge in [0.15, 0.2) is 0 Å². The van der Waals surface area contributed by atoms with Gasteiger partial charge in [0, 0.05) is 23.8 Å². The van der Waals surface area contributed by atoms with Crippen molar-refractivity contribution < 1.29 is 0 Å². The fourth-order valence-electron chi connectivity index (χ4n) is 1.58. The first kappa shape index (κ1) is 12.8. The largest absolute Gasteiger partial charge is 0.399 e. The van der Waals surface area contributed by atoms with Crippen molar-refractivity contribution in [1.29, 1.82) is 5.26 Å². The number of halogens is 1. The molecule has 0 aliphatic heterocycles. The number of nitrogen functional groups attached to an aromatic ring is 1. The predicted molar refractivity (Wildman–Crippen MR) is 67.0 cm³/mol. The van der Waals surface area contributed by atoms with Crippen LogP contribution < -0.4 is 5.73 Å². The molecule has 0 spiro atoms. The van der Waals surface area contributed by atoms with E-state index in [9.17, 15) is 0 Å². The highest BCUT2D eigenvalue weighted by molar-refractivity contribution is 6.31. The highest BCUT2D eigenvalue weighted by Gasteiger charge is 2.08. The lowest BCUT2D eigenvalue weighted by Gasteiger charge is -2.18. The Labute approximate surface area is 101 Å². The Kier molecular flexibility index (Phi) is 4.60. The second kappa shape index (κ2) is 5.74. The van der Waals surface area contributed by atoms with Crippen molar-refractivity contribution in [3.8, 4) is 6.07 Å². The summed E-state index contributed by atoms with van der Waals surface area (Å²) in [6.07, 6.45) is 0. The Morgan fingerprint density at radius 3 is 2.88 bits per heavy atom. The first-order valence-electron chi connectivity index (χ1n) is 5.15. The summed E-state index contributed by atoms with van der Waals surface area (Å²) in [7, 11) is 1.97. The minimum absolute atomic E-state index is 0.0184. The van der Waals surface area contributed by atoms with Crippen LogP contribution in [-0.4, -0.2) is 18.5 Å². The Morgan fingerprint density at radius 1 is 1.56 bits per heavy atom. The third-order valence-corrected chi connectivity index (χ3v) is 2.68. The molecule has 1 unspecified atom stereocenters. The molecule has 0 aromatic heterocycles. The van der Waals surface area contributed by atoms with Crippen LogP contribution >= 0.6 is 11.6 Å². The van der Waals surface area contributed by atoms with Gasteiger partial charge in [-0.15, -0.1) is 0 Å². The molecule has 0 bridgehead atoms. The van der Waals surface area contributed by atoms with Gasteiger partial charge >= 0.3 is 0 Å².